The average molecular weight is 247 g/mol. The first-order valence-electron chi connectivity index (χ1n) is 4.67. The molecule has 0 radical (unpaired) electrons. The summed E-state index contributed by atoms with van der Waals surface area (Å²) in [4.78, 5) is 0. The van der Waals surface area contributed by atoms with E-state index in [4.69, 9.17) is 5.73 Å². The molecule has 1 aromatic carbocycles. The van der Waals surface area contributed by atoms with Gasteiger partial charge in [0, 0.05) is 0 Å². The molecule has 0 aliphatic carbocycles. The van der Waals surface area contributed by atoms with Gasteiger partial charge in [-0.05, 0) is 40.3 Å². The molecule has 1 aromatic heterocycles. The van der Waals surface area contributed by atoms with Gasteiger partial charge in [-0.3, -0.25) is 5.43 Å². The summed E-state index contributed by atoms with van der Waals surface area (Å²) in [6.45, 7) is 0. The fraction of sp³-hybridized carbons (Fsp3) is 0. The summed E-state index contributed by atoms with van der Waals surface area (Å²) >= 11 is 4.61. The summed E-state index contributed by atoms with van der Waals surface area (Å²) in [5, 5.41) is 14.9. The van der Waals surface area contributed by atoms with Crippen molar-refractivity contribution in [2.24, 2.45) is 10.8 Å². The normalized spacial score (nSPS) is 10.6. The Kier molecular flexibility index (Phi) is 3.36. The molecule has 0 atom stereocenters. The number of nitrogens with zero attached hydrogens (tertiary/aromatic N) is 5. The number of nitrogens with one attached hydrogen (secondary N) is 1. The second-order valence-electron chi connectivity index (χ2n) is 3.08. The van der Waals surface area contributed by atoms with Crippen LogP contribution in [0.4, 0.5) is 0 Å². The van der Waals surface area contributed by atoms with Gasteiger partial charge in [0.1, 0.15) is 6.33 Å². The third-order valence-corrected chi connectivity index (χ3v) is 1.99. The van der Waals surface area contributed by atoms with Crippen molar-refractivity contribution in [3.05, 3.63) is 36.2 Å². The summed E-state index contributed by atoms with van der Waals surface area (Å²) in [5.74, 6) is 0. The Hall–Kier alpha value is -2.35. The Labute approximate surface area is 102 Å². The van der Waals surface area contributed by atoms with Crippen LogP contribution in [0.2, 0.25) is 0 Å². The first-order valence-corrected chi connectivity index (χ1v) is 5.08. The van der Waals surface area contributed by atoms with Crippen LogP contribution < -0.4 is 11.2 Å². The zero-order valence-corrected chi connectivity index (χ0v) is 9.50. The average Bonchev–Trinajstić information content (AvgIpc) is 2.83. The minimum Gasteiger partial charge on any atom is -0.375 e. The molecule has 3 N–H and O–H groups in total. The molecule has 0 unspecified atom stereocenters. The van der Waals surface area contributed by atoms with E-state index >= 15 is 0 Å². The molecule has 86 valence electrons. The lowest BCUT2D eigenvalue weighted by atomic mass is 10.2. The summed E-state index contributed by atoms with van der Waals surface area (Å²) in [6.07, 6.45) is 3.14. The Morgan fingerprint density at radius 2 is 2.18 bits per heavy atom. The van der Waals surface area contributed by atoms with Crippen LogP contribution in [0, 0.1) is 0 Å². The highest BCUT2D eigenvalue weighted by Gasteiger charge is 1.96. The lowest BCUT2D eigenvalue weighted by molar-refractivity contribution is 0.789. The maximum Gasteiger partial charge on any atom is 0.184 e. The molecule has 8 heteroatoms. The zero-order chi connectivity index (χ0) is 12.1. The SMILES string of the molecule is NC(=S)N/N=C/c1ccc(-n2cnnn2)cc1. The third-order valence-electron chi connectivity index (χ3n) is 1.90. The van der Waals surface area contributed by atoms with Crippen LogP contribution in [-0.4, -0.2) is 31.5 Å². The number of rotatable bonds is 3. The first kappa shape index (κ1) is 11.1. The van der Waals surface area contributed by atoms with Crippen LogP contribution in [0.1, 0.15) is 5.56 Å². The molecular formula is C9H9N7S. The second-order valence-corrected chi connectivity index (χ2v) is 3.52. The zero-order valence-electron chi connectivity index (χ0n) is 8.69. The van der Waals surface area contributed by atoms with Crippen molar-refractivity contribution >= 4 is 23.5 Å². The van der Waals surface area contributed by atoms with Gasteiger partial charge in [-0.1, -0.05) is 12.1 Å². The fourth-order valence-corrected chi connectivity index (χ4v) is 1.22. The van der Waals surface area contributed by atoms with Crippen LogP contribution in [0.5, 0.6) is 0 Å². The van der Waals surface area contributed by atoms with E-state index in [9.17, 15) is 0 Å². The molecule has 2 aromatic rings. The first-order chi connectivity index (χ1) is 8.25. The van der Waals surface area contributed by atoms with Crippen LogP contribution in [0.25, 0.3) is 5.69 Å². The maximum absolute atomic E-state index is 5.23. The smallest absolute Gasteiger partial charge is 0.184 e. The summed E-state index contributed by atoms with van der Waals surface area (Å²) < 4.78 is 1.56. The van der Waals surface area contributed by atoms with Crippen LogP contribution in [0.15, 0.2) is 35.7 Å². The summed E-state index contributed by atoms with van der Waals surface area (Å²) in [6, 6.07) is 7.50. The van der Waals surface area contributed by atoms with E-state index in [0.717, 1.165) is 11.3 Å². The van der Waals surface area contributed by atoms with E-state index in [1.807, 2.05) is 24.3 Å². The number of nitrogens with two attached hydrogens (primary N) is 1. The lowest BCUT2D eigenvalue weighted by Crippen LogP contribution is -2.23. The van der Waals surface area contributed by atoms with Crippen molar-refractivity contribution in [2.45, 2.75) is 0 Å². The van der Waals surface area contributed by atoms with Gasteiger partial charge in [-0.15, -0.1) is 5.10 Å². The van der Waals surface area contributed by atoms with E-state index in [0.29, 0.717) is 0 Å². The number of tetrazole rings is 1. The van der Waals surface area contributed by atoms with Gasteiger partial charge in [0.25, 0.3) is 0 Å². The predicted octanol–water partition coefficient (Wildman–Crippen LogP) is -0.171. The number of aromatic nitrogens is 4. The van der Waals surface area contributed by atoms with Gasteiger partial charge < -0.3 is 5.73 Å². The predicted molar refractivity (Wildman–Crippen MR) is 66.7 cm³/mol. The quantitative estimate of drug-likeness (QED) is 0.444. The van der Waals surface area contributed by atoms with E-state index in [1.54, 1.807) is 10.9 Å². The molecule has 0 aliphatic heterocycles. The topological polar surface area (TPSA) is 94.0 Å². The van der Waals surface area contributed by atoms with Crippen molar-refractivity contribution in [3.63, 3.8) is 0 Å². The maximum atomic E-state index is 5.23. The molecule has 1 heterocycles. The van der Waals surface area contributed by atoms with Gasteiger partial charge in [-0.25, -0.2) is 4.68 Å². The Morgan fingerprint density at radius 1 is 1.41 bits per heavy atom. The molecule has 0 fully saturated rings. The van der Waals surface area contributed by atoms with E-state index in [-0.39, 0.29) is 5.11 Å². The number of thiocarbonyl (C=S) groups is 1. The second kappa shape index (κ2) is 5.12. The molecule has 2 rings (SSSR count). The van der Waals surface area contributed by atoms with Crippen molar-refractivity contribution < 1.29 is 0 Å². The van der Waals surface area contributed by atoms with E-state index in [2.05, 4.69) is 38.3 Å². The van der Waals surface area contributed by atoms with Crippen LogP contribution in [0.3, 0.4) is 0 Å². The molecular weight excluding hydrogens is 238 g/mol. The summed E-state index contributed by atoms with van der Waals surface area (Å²) in [7, 11) is 0. The number of hydrazone groups is 1. The molecule has 0 spiro atoms. The number of hydrogen-bond donors (Lipinski definition) is 2. The number of benzene rings is 1. The van der Waals surface area contributed by atoms with Crippen molar-refractivity contribution in [2.75, 3.05) is 0 Å². The lowest BCUT2D eigenvalue weighted by Gasteiger charge is -1.99. The van der Waals surface area contributed by atoms with E-state index in [1.165, 1.54) is 6.33 Å². The summed E-state index contributed by atoms with van der Waals surface area (Å²) in [5.41, 5.74) is 9.48. The Balaban J connectivity index is 2.08. The van der Waals surface area contributed by atoms with Gasteiger partial charge in [0.2, 0.25) is 0 Å². The minimum absolute atomic E-state index is 0.131. The standard InChI is InChI=1S/C9H9N7S/c10-9(17)13-11-5-7-1-3-8(4-2-7)16-6-12-14-15-16/h1-6H,(H3,10,13,17)/b11-5+. The third kappa shape index (κ3) is 3.05. The molecule has 0 bridgehead atoms. The molecule has 7 nitrogen and oxygen atoms in total. The van der Waals surface area contributed by atoms with Crippen molar-refractivity contribution in [3.8, 4) is 5.69 Å². The van der Waals surface area contributed by atoms with E-state index < -0.39 is 0 Å². The highest BCUT2D eigenvalue weighted by molar-refractivity contribution is 7.80. The highest BCUT2D eigenvalue weighted by atomic mass is 32.1. The monoisotopic (exact) mass is 247 g/mol. The van der Waals surface area contributed by atoms with Gasteiger partial charge in [0.15, 0.2) is 5.11 Å². The molecule has 0 saturated heterocycles. The van der Waals surface area contributed by atoms with Crippen molar-refractivity contribution in [1.82, 2.24) is 25.6 Å². The molecule has 17 heavy (non-hydrogen) atoms. The van der Waals surface area contributed by atoms with Crippen LogP contribution >= 0.6 is 12.2 Å². The van der Waals surface area contributed by atoms with Crippen LogP contribution in [-0.2, 0) is 0 Å². The fourth-order valence-electron chi connectivity index (χ4n) is 1.16. The highest BCUT2D eigenvalue weighted by Crippen LogP contribution is 2.05. The van der Waals surface area contributed by atoms with Gasteiger partial charge >= 0.3 is 0 Å². The minimum atomic E-state index is 0.131. The Morgan fingerprint density at radius 3 is 2.76 bits per heavy atom. The Bertz CT molecular complexity index is 517. The van der Waals surface area contributed by atoms with Gasteiger partial charge in [-0.2, -0.15) is 5.10 Å². The molecule has 0 saturated carbocycles. The van der Waals surface area contributed by atoms with Crippen molar-refractivity contribution in [1.29, 1.82) is 0 Å². The van der Waals surface area contributed by atoms with Gasteiger partial charge in [0.05, 0.1) is 11.9 Å². The largest absolute Gasteiger partial charge is 0.375 e. The molecule has 0 amide bonds. The number of hydrogen-bond acceptors (Lipinski definition) is 5. The molecule has 0 aliphatic rings.